The normalized spacial score (nSPS) is 13.0. The molecule has 2 amide bonds. The molecule has 4 aromatic carbocycles. The fourth-order valence-electron chi connectivity index (χ4n) is 4.63. The maximum atomic E-state index is 12.9. The number of amides is 2. The number of halogens is 3. The van der Waals surface area contributed by atoms with Crippen molar-refractivity contribution in [1.29, 1.82) is 0 Å². The number of ether oxygens (including phenoxy) is 4. The van der Waals surface area contributed by atoms with Crippen LogP contribution in [-0.2, 0) is 17.5 Å². The number of carbonyl (C=O) groups is 1. The smallest absolute Gasteiger partial charge is 0.416 e. The number of rotatable bonds is 11. The molecule has 4 aromatic rings. The van der Waals surface area contributed by atoms with Crippen LogP contribution in [0.2, 0.25) is 0 Å². The molecule has 5 rings (SSSR count). The van der Waals surface area contributed by atoms with Gasteiger partial charge in [-0.2, -0.15) is 18.7 Å². The Morgan fingerprint density at radius 2 is 1.50 bits per heavy atom. The van der Waals surface area contributed by atoms with Crippen LogP contribution >= 0.6 is 0 Å². The molecule has 1 aliphatic heterocycles. The van der Waals surface area contributed by atoms with E-state index in [0.29, 0.717) is 47.4 Å². The summed E-state index contributed by atoms with van der Waals surface area (Å²) < 4.78 is 60.4. The minimum atomic E-state index is -4.43. The summed E-state index contributed by atoms with van der Waals surface area (Å²) in [6, 6.07) is 21.8. The van der Waals surface area contributed by atoms with Crippen LogP contribution < -0.4 is 40.1 Å². The Morgan fingerprint density at radius 1 is 0.826 bits per heavy atom. The topological polar surface area (TPSA) is 103 Å². The summed E-state index contributed by atoms with van der Waals surface area (Å²) in [6.45, 7) is 3.04. The SMILES string of the molecule is COc1cc(NC(=O)NOc2ccc(COc3ccc(C(F)(F)F)cc3)cc2Nc2ccc(N3CCOCC3)cc2)cc(OC)c1. The van der Waals surface area contributed by atoms with Gasteiger partial charge in [-0.3, -0.25) is 0 Å². The van der Waals surface area contributed by atoms with Crippen LogP contribution in [0.5, 0.6) is 23.0 Å². The van der Waals surface area contributed by atoms with Crippen molar-refractivity contribution in [3.05, 3.63) is 96.1 Å². The average molecular weight is 639 g/mol. The number of anilines is 4. The molecule has 0 radical (unpaired) electrons. The van der Waals surface area contributed by atoms with Gasteiger partial charge in [0, 0.05) is 48.4 Å². The number of hydrogen-bond donors (Lipinski definition) is 3. The summed E-state index contributed by atoms with van der Waals surface area (Å²) in [4.78, 5) is 20.6. The van der Waals surface area contributed by atoms with Gasteiger partial charge in [-0.05, 0) is 66.2 Å². The van der Waals surface area contributed by atoms with E-state index in [1.54, 1.807) is 36.4 Å². The molecule has 0 aliphatic carbocycles. The summed E-state index contributed by atoms with van der Waals surface area (Å²) in [5.41, 5.74) is 5.09. The van der Waals surface area contributed by atoms with Crippen LogP contribution in [0.4, 0.5) is 40.7 Å². The first-order chi connectivity index (χ1) is 22.2. The lowest BCUT2D eigenvalue weighted by Gasteiger charge is -2.29. The molecule has 1 fully saturated rings. The van der Waals surface area contributed by atoms with Crippen LogP contribution in [0.25, 0.3) is 0 Å². The molecule has 0 aromatic heterocycles. The molecule has 0 bridgehead atoms. The average Bonchev–Trinajstić information content (AvgIpc) is 3.07. The second-order valence-electron chi connectivity index (χ2n) is 10.2. The molecule has 0 unspecified atom stereocenters. The van der Waals surface area contributed by atoms with Gasteiger partial charge in [-0.25, -0.2) is 4.79 Å². The molecule has 1 aliphatic rings. The molecule has 13 heteroatoms. The first kappa shape index (κ1) is 32.1. The van der Waals surface area contributed by atoms with Crippen molar-refractivity contribution in [2.24, 2.45) is 0 Å². The predicted molar refractivity (Wildman–Crippen MR) is 167 cm³/mol. The number of carbonyl (C=O) groups excluding carboxylic acids is 1. The minimum absolute atomic E-state index is 0.0713. The van der Waals surface area contributed by atoms with Gasteiger partial charge in [0.1, 0.15) is 23.9 Å². The van der Waals surface area contributed by atoms with Gasteiger partial charge >= 0.3 is 12.2 Å². The molecular weight excluding hydrogens is 605 g/mol. The molecule has 1 saturated heterocycles. The van der Waals surface area contributed by atoms with E-state index in [2.05, 4.69) is 21.0 Å². The van der Waals surface area contributed by atoms with E-state index in [4.69, 9.17) is 23.8 Å². The second kappa shape index (κ2) is 14.7. The highest BCUT2D eigenvalue weighted by atomic mass is 19.4. The zero-order valence-corrected chi connectivity index (χ0v) is 25.1. The van der Waals surface area contributed by atoms with Gasteiger partial charge in [0.05, 0.1) is 38.7 Å². The number of urea groups is 1. The first-order valence-electron chi connectivity index (χ1n) is 14.3. The molecule has 10 nitrogen and oxygen atoms in total. The largest absolute Gasteiger partial charge is 0.497 e. The Morgan fingerprint density at radius 3 is 2.13 bits per heavy atom. The van der Waals surface area contributed by atoms with Gasteiger partial charge in [-0.15, -0.1) is 0 Å². The van der Waals surface area contributed by atoms with E-state index >= 15 is 0 Å². The van der Waals surface area contributed by atoms with Crippen molar-refractivity contribution in [1.82, 2.24) is 5.48 Å². The lowest BCUT2D eigenvalue weighted by atomic mass is 10.1. The number of morpholine rings is 1. The highest BCUT2D eigenvalue weighted by Gasteiger charge is 2.30. The van der Waals surface area contributed by atoms with Crippen LogP contribution in [-0.4, -0.2) is 46.6 Å². The number of nitrogens with zero attached hydrogens (tertiary/aromatic N) is 1. The van der Waals surface area contributed by atoms with Crippen molar-refractivity contribution >= 4 is 28.8 Å². The fourth-order valence-corrected chi connectivity index (χ4v) is 4.63. The molecule has 0 saturated carbocycles. The Balaban J connectivity index is 1.30. The van der Waals surface area contributed by atoms with E-state index in [1.807, 2.05) is 24.3 Å². The molecule has 242 valence electrons. The summed E-state index contributed by atoms with van der Waals surface area (Å²) >= 11 is 0. The Labute approximate surface area is 263 Å². The molecular formula is C33H33F3N4O6. The van der Waals surface area contributed by atoms with Crippen LogP contribution in [0.3, 0.4) is 0 Å². The number of methoxy groups -OCH3 is 2. The standard InChI is InChI=1S/C33H33F3N4O6/c1-42-28-18-25(19-29(20-28)43-2)38-32(41)39-46-31-12-3-22(21-45-27-10-4-23(5-11-27)33(34,35)36)17-30(31)37-24-6-8-26(9-7-24)40-13-15-44-16-14-40/h3-12,17-20,37H,13-16,21H2,1-2H3,(H2,38,39,41). The maximum Gasteiger partial charge on any atom is 0.416 e. The second-order valence-corrected chi connectivity index (χ2v) is 10.2. The number of hydroxylamine groups is 1. The summed E-state index contributed by atoms with van der Waals surface area (Å²) in [6.07, 6.45) is -4.43. The lowest BCUT2D eigenvalue weighted by molar-refractivity contribution is -0.137. The third kappa shape index (κ3) is 8.66. The highest BCUT2D eigenvalue weighted by Crippen LogP contribution is 2.32. The van der Waals surface area contributed by atoms with Crippen molar-refractivity contribution in [3.63, 3.8) is 0 Å². The molecule has 1 heterocycles. The Kier molecular flexibility index (Phi) is 10.2. The van der Waals surface area contributed by atoms with E-state index in [-0.39, 0.29) is 12.4 Å². The zero-order chi connectivity index (χ0) is 32.5. The third-order valence-corrected chi connectivity index (χ3v) is 7.02. The summed E-state index contributed by atoms with van der Waals surface area (Å²) in [5, 5.41) is 5.99. The maximum absolute atomic E-state index is 12.9. The van der Waals surface area contributed by atoms with E-state index in [1.165, 1.54) is 26.4 Å². The van der Waals surface area contributed by atoms with Gasteiger partial charge < -0.3 is 39.3 Å². The van der Waals surface area contributed by atoms with E-state index < -0.39 is 17.8 Å². The zero-order valence-electron chi connectivity index (χ0n) is 25.1. The van der Waals surface area contributed by atoms with Crippen molar-refractivity contribution in [2.45, 2.75) is 12.8 Å². The van der Waals surface area contributed by atoms with E-state index in [9.17, 15) is 18.0 Å². The van der Waals surface area contributed by atoms with Crippen molar-refractivity contribution in [2.75, 3.05) is 56.1 Å². The number of alkyl halides is 3. The number of benzene rings is 4. The highest BCUT2D eigenvalue weighted by molar-refractivity contribution is 5.89. The quantitative estimate of drug-likeness (QED) is 0.151. The van der Waals surface area contributed by atoms with Crippen LogP contribution in [0.1, 0.15) is 11.1 Å². The lowest BCUT2D eigenvalue weighted by Crippen LogP contribution is -2.36. The Bertz CT molecular complexity index is 1590. The predicted octanol–water partition coefficient (Wildman–Crippen LogP) is 7.00. The fraction of sp³-hybridized carbons (Fsp3) is 0.242. The van der Waals surface area contributed by atoms with Crippen molar-refractivity contribution < 1.29 is 41.8 Å². The van der Waals surface area contributed by atoms with Crippen LogP contribution in [0.15, 0.2) is 84.9 Å². The number of nitrogens with one attached hydrogen (secondary N) is 3. The molecule has 0 atom stereocenters. The molecule has 46 heavy (non-hydrogen) atoms. The first-order valence-corrected chi connectivity index (χ1v) is 14.3. The Hall–Kier alpha value is -5.30. The van der Waals surface area contributed by atoms with Crippen molar-refractivity contribution in [3.8, 4) is 23.0 Å². The van der Waals surface area contributed by atoms with Crippen LogP contribution in [0, 0.1) is 0 Å². The van der Waals surface area contributed by atoms with Gasteiger partial charge in [0.2, 0.25) is 0 Å². The van der Waals surface area contributed by atoms with Gasteiger partial charge in [0.25, 0.3) is 0 Å². The monoisotopic (exact) mass is 638 g/mol. The summed E-state index contributed by atoms with van der Waals surface area (Å²) in [7, 11) is 3.01. The van der Waals surface area contributed by atoms with E-state index in [0.717, 1.165) is 36.6 Å². The number of hydrogen-bond acceptors (Lipinski definition) is 8. The molecule has 0 spiro atoms. The minimum Gasteiger partial charge on any atom is -0.497 e. The molecule has 3 N–H and O–H groups in total. The third-order valence-electron chi connectivity index (χ3n) is 7.02. The van der Waals surface area contributed by atoms with Gasteiger partial charge in [-0.1, -0.05) is 6.07 Å². The van der Waals surface area contributed by atoms with Gasteiger partial charge in [0.15, 0.2) is 5.75 Å². The summed E-state index contributed by atoms with van der Waals surface area (Å²) in [5.74, 6) is 1.58.